The zero-order valence-corrected chi connectivity index (χ0v) is 17.5. The van der Waals surface area contributed by atoms with Crippen LogP contribution in [0.2, 0.25) is 0 Å². The number of halogens is 3. The fourth-order valence-electron chi connectivity index (χ4n) is 3.61. The van der Waals surface area contributed by atoms with Crippen molar-refractivity contribution in [2.75, 3.05) is 5.32 Å². The smallest absolute Gasteiger partial charge is 0.387 e. The highest BCUT2D eigenvalue weighted by molar-refractivity contribution is 9.10. The summed E-state index contributed by atoms with van der Waals surface area (Å²) in [5.41, 5.74) is 2.93. The molecular formula is C20H20BrF2N5O. The van der Waals surface area contributed by atoms with Gasteiger partial charge in [0.15, 0.2) is 0 Å². The number of fused-ring (bicyclic) bond motifs is 1. The third-order valence-electron chi connectivity index (χ3n) is 5.10. The maximum absolute atomic E-state index is 13.0. The normalized spacial score (nSPS) is 18.6. The molecule has 1 aliphatic rings. The lowest BCUT2D eigenvalue weighted by Crippen LogP contribution is -2.28. The molecule has 0 fully saturated rings. The number of anilines is 1. The first-order valence-corrected chi connectivity index (χ1v) is 10.1. The van der Waals surface area contributed by atoms with Crippen LogP contribution in [-0.4, -0.2) is 26.8 Å². The van der Waals surface area contributed by atoms with Crippen molar-refractivity contribution in [3.8, 4) is 5.75 Å². The van der Waals surface area contributed by atoms with Crippen molar-refractivity contribution in [2.24, 2.45) is 0 Å². The predicted octanol–water partition coefficient (Wildman–Crippen LogP) is 5.31. The second-order valence-electron chi connectivity index (χ2n) is 7.28. The van der Waals surface area contributed by atoms with Gasteiger partial charge in [0, 0.05) is 10.0 Å². The number of alkyl halides is 2. The van der Waals surface area contributed by atoms with E-state index in [0.29, 0.717) is 23.9 Å². The van der Waals surface area contributed by atoms with E-state index in [1.165, 1.54) is 11.6 Å². The first-order chi connectivity index (χ1) is 13.9. The first kappa shape index (κ1) is 19.8. The molecule has 0 saturated carbocycles. The molecule has 3 aromatic rings. The highest BCUT2D eigenvalue weighted by Crippen LogP contribution is 2.41. The lowest BCUT2D eigenvalue weighted by molar-refractivity contribution is -0.0508. The van der Waals surface area contributed by atoms with Crippen molar-refractivity contribution < 1.29 is 13.5 Å². The Morgan fingerprint density at radius 3 is 2.62 bits per heavy atom. The Morgan fingerprint density at radius 1 is 1.17 bits per heavy atom. The molecular weight excluding hydrogens is 444 g/mol. The molecule has 0 aliphatic carbocycles. The summed E-state index contributed by atoms with van der Waals surface area (Å²) >= 11 is 3.42. The molecule has 2 aromatic carbocycles. The number of aromatic nitrogens is 4. The number of hydrogen-bond acceptors (Lipinski definition) is 5. The number of rotatable bonds is 5. The van der Waals surface area contributed by atoms with Gasteiger partial charge in [-0.2, -0.15) is 8.78 Å². The topological polar surface area (TPSA) is 64.9 Å². The summed E-state index contributed by atoms with van der Waals surface area (Å²) in [7, 11) is 0. The molecule has 152 valence electrons. The molecule has 9 heteroatoms. The lowest BCUT2D eigenvalue weighted by Gasteiger charge is -2.32. The number of benzene rings is 2. The van der Waals surface area contributed by atoms with Gasteiger partial charge < -0.3 is 10.1 Å². The van der Waals surface area contributed by atoms with Gasteiger partial charge in [-0.15, -0.1) is 0 Å². The Bertz CT molecular complexity index is 993. The van der Waals surface area contributed by atoms with Crippen LogP contribution in [0.1, 0.15) is 55.0 Å². The van der Waals surface area contributed by atoms with Crippen LogP contribution in [0, 0.1) is 0 Å². The molecule has 0 amide bonds. The third kappa shape index (κ3) is 4.10. The number of ether oxygens (including phenoxy) is 1. The summed E-state index contributed by atoms with van der Waals surface area (Å²) in [6.07, 6.45) is 0.578. The highest BCUT2D eigenvalue weighted by Gasteiger charge is 2.33. The van der Waals surface area contributed by atoms with Gasteiger partial charge in [0.1, 0.15) is 5.75 Å². The van der Waals surface area contributed by atoms with E-state index in [0.717, 1.165) is 10.0 Å². The minimum Gasteiger partial charge on any atom is -0.434 e. The summed E-state index contributed by atoms with van der Waals surface area (Å²) in [5, 5.41) is 15.2. The number of tetrazole rings is 1. The summed E-state index contributed by atoms with van der Waals surface area (Å²) in [6.45, 7) is 1.38. The number of hydrogen-bond donors (Lipinski definition) is 1. The molecule has 0 bridgehead atoms. The average molecular weight is 464 g/mol. The minimum absolute atomic E-state index is 0.0712. The van der Waals surface area contributed by atoms with E-state index in [9.17, 15) is 8.78 Å². The molecule has 0 saturated heterocycles. The molecule has 0 radical (unpaired) electrons. The molecule has 29 heavy (non-hydrogen) atoms. The monoisotopic (exact) mass is 463 g/mol. The van der Waals surface area contributed by atoms with Crippen LogP contribution in [0.25, 0.3) is 0 Å². The van der Waals surface area contributed by atoms with E-state index in [-0.39, 0.29) is 17.8 Å². The van der Waals surface area contributed by atoms with Crippen molar-refractivity contribution in [2.45, 2.75) is 44.9 Å². The Hall–Kier alpha value is -2.55. The van der Waals surface area contributed by atoms with Crippen molar-refractivity contribution >= 4 is 21.9 Å². The SMILES string of the molecule is CC(C)c1ccc([C@@H]2C[C@@H](c3cc(Br)ccc3OC(F)F)n3nnnc3N2)cc1. The van der Waals surface area contributed by atoms with Gasteiger partial charge in [-0.25, -0.2) is 4.68 Å². The number of nitrogens with one attached hydrogen (secondary N) is 1. The van der Waals surface area contributed by atoms with Gasteiger partial charge >= 0.3 is 6.61 Å². The Morgan fingerprint density at radius 2 is 1.93 bits per heavy atom. The molecule has 0 spiro atoms. The van der Waals surface area contributed by atoms with E-state index >= 15 is 0 Å². The molecule has 0 unspecified atom stereocenters. The Balaban J connectivity index is 1.72. The molecule has 2 heterocycles. The second-order valence-corrected chi connectivity index (χ2v) is 8.19. The van der Waals surface area contributed by atoms with Crippen LogP contribution >= 0.6 is 15.9 Å². The summed E-state index contributed by atoms with van der Waals surface area (Å²) in [4.78, 5) is 0. The fraction of sp³-hybridized carbons (Fsp3) is 0.350. The van der Waals surface area contributed by atoms with Crippen LogP contribution in [0.4, 0.5) is 14.7 Å². The van der Waals surface area contributed by atoms with Crippen molar-refractivity contribution in [3.05, 3.63) is 63.6 Å². The highest BCUT2D eigenvalue weighted by atomic mass is 79.9. The predicted molar refractivity (Wildman–Crippen MR) is 108 cm³/mol. The Kier molecular flexibility index (Phi) is 5.49. The summed E-state index contributed by atoms with van der Waals surface area (Å²) < 4.78 is 33.1. The first-order valence-electron chi connectivity index (χ1n) is 9.31. The van der Waals surface area contributed by atoms with E-state index in [4.69, 9.17) is 4.74 Å². The van der Waals surface area contributed by atoms with Gasteiger partial charge in [0.05, 0.1) is 12.1 Å². The zero-order valence-electron chi connectivity index (χ0n) is 15.9. The maximum atomic E-state index is 13.0. The van der Waals surface area contributed by atoms with Crippen LogP contribution in [-0.2, 0) is 0 Å². The van der Waals surface area contributed by atoms with Gasteiger partial charge in [0.25, 0.3) is 0 Å². The Labute approximate surface area is 175 Å². The standard InChI is InChI=1S/C20H20BrF2N5O/c1-11(2)12-3-5-13(6-4-12)16-10-17(28-20(24-16)25-26-27-28)15-9-14(21)7-8-18(15)29-19(22)23/h3-9,11,16-17,19H,10H2,1-2H3,(H,24,25,27)/t16-,17-/m0/s1. The van der Waals surface area contributed by atoms with Crippen molar-refractivity contribution in [1.29, 1.82) is 0 Å². The number of nitrogens with zero attached hydrogens (tertiary/aromatic N) is 4. The lowest BCUT2D eigenvalue weighted by atomic mass is 9.91. The van der Waals surface area contributed by atoms with Crippen LogP contribution < -0.4 is 10.1 Å². The van der Waals surface area contributed by atoms with Crippen molar-refractivity contribution in [1.82, 2.24) is 20.2 Å². The average Bonchev–Trinajstić information content (AvgIpc) is 3.17. The van der Waals surface area contributed by atoms with E-state index in [1.807, 2.05) is 0 Å². The van der Waals surface area contributed by atoms with E-state index in [2.05, 4.69) is 74.9 Å². The largest absolute Gasteiger partial charge is 0.434 e. The molecule has 1 N–H and O–H groups in total. The molecule has 6 nitrogen and oxygen atoms in total. The zero-order chi connectivity index (χ0) is 20.5. The second kappa shape index (κ2) is 8.06. The van der Waals surface area contributed by atoms with Crippen molar-refractivity contribution in [3.63, 3.8) is 0 Å². The fourth-order valence-corrected chi connectivity index (χ4v) is 3.99. The van der Waals surface area contributed by atoms with E-state index in [1.54, 1.807) is 16.8 Å². The van der Waals surface area contributed by atoms with Gasteiger partial charge in [0.2, 0.25) is 5.95 Å². The summed E-state index contributed by atoms with van der Waals surface area (Å²) in [6, 6.07) is 12.9. The maximum Gasteiger partial charge on any atom is 0.387 e. The molecule has 4 rings (SSSR count). The van der Waals surface area contributed by atoms with Crippen LogP contribution in [0.3, 0.4) is 0 Å². The minimum atomic E-state index is -2.91. The quantitative estimate of drug-likeness (QED) is 0.555. The third-order valence-corrected chi connectivity index (χ3v) is 5.60. The van der Waals surface area contributed by atoms with Crippen LogP contribution in [0.5, 0.6) is 5.75 Å². The molecule has 2 atom stereocenters. The molecule has 1 aliphatic heterocycles. The summed E-state index contributed by atoms with van der Waals surface area (Å²) in [5.74, 6) is 1.05. The van der Waals surface area contributed by atoms with Gasteiger partial charge in [-0.1, -0.05) is 59.1 Å². The van der Waals surface area contributed by atoms with E-state index < -0.39 is 6.61 Å². The van der Waals surface area contributed by atoms with Gasteiger partial charge in [-0.05, 0) is 52.1 Å². The van der Waals surface area contributed by atoms with Gasteiger partial charge in [-0.3, -0.25) is 0 Å². The van der Waals surface area contributed by atoms with Crippen LogP contribution in [0.15, 0.2) is 46.9 Å². The molecule has 1 aromatic heterocycles.